The lowest BCUT2D eigenvalue weighted by Crippen LogP contribution is -2.28. The number of hydrogen-bond donors (Lipinski definition) is 0. The van der Waals surface area contributed by atoms with Gasteiger partial charge in [0.05, 0.1) is 12.8 Å². The molecule has 0 spiro atoms. The van der Waals surface area contributed by atoms with E-state index in [0.29, 0.717) is 12.1 Å². The Morgan fingerprint density at radius 1 is 1.56 bits per heavy atom. The standard InChI is InChI=1S/C7H15NO/c1-6(2)8-4-7(3)9-5-8/h6-7H,4-5H2,1-3H3. The molecule has 2 nitrogen and oxygen atoms in total. The fraction of sp³-hybridized carbons (Fsp3) is 1.00. The topological polar surface area (TPSA) is 12.5 Å². The van der Waals surface area contributed by atoms with Gasteiger partial charge in [-0.3, -0.25) is 4.90 Å². The van der Waals surface area contributed by atoms with Crippen LogP contribution in [0.15, 0.2) is 0 Å². The highest BCUT2D eigenvalue weighted by Crippen LogP contribution is 2.09. The molecule has 0 bridgehead atoms. The van der Waals surface area contributed by atoms with Crippen molar-refractivity contribution in [2.24, 2.45) is 0 Å². The number of nitrogens with zero attached hydrogens (tertiary/aromatic N) is 1. The molecule has 1 unspecified atom stereocenters. The first kappa shape index (κ1) is 7.03. The fourth-order valence-corrected chi connectivity index (χ4v) is 1.02. The molecule has 2 heteroatoms. The van der Waals surface area contributed by atoms with Crippen molar-refractivity contribution in [3.63, 3.8) is 0 Å². The third kappa shape index (κ3) is 1.66. The summed E-state index contributed by atoms with van der Waals surface area (Å²) >= 11 is 0. The van der Waals surface area contributed by atoms with Gasteiger partial charge in [-0.1, -0.05) is 0 Å². The molecule has 0 N–H and O–H groups in total. The summed E-state index contributed by atoms with van der Waals surface area (Å²) in [7, 11) is 0. The summed E-state index contributed by atoms with van der Waals surface area (Å²) in [4.78, 5) is 2.32. The average molecular weight is 129 g/mol. The second-order valence-electron chi connectivity index (χ2n) is 2.97. The van der Waals surface area contributed by atoms with Gasteiger partial charge in [0.25, 0.3) is 0 Å². The van der Waals surface area contributed by atoms with Crippen LogP contribution >= 0.6 is 0 Å². The summed E-state index contributed by atoms with van der Waals surface area (Å²) in [5.74, 6) is 0. The Labute approximate surface area is 56.8 Å². The average Bonchev–Trinajstić information content (AvgIpc) is 2.14. The van der Waals surface area contributed by atoms with Crippen LogP contribution in [0.3, 0.4) is 0 Å². The summed E-state index contributed by atoms with van der Waals surface area (Å²) in [5.41, 5.74) is 0. The number of hydrogen-bond acceptors (Lipinski definition) is 2. The Morgan fingerprint density at radius 2 is 2.22 bits per heavy atom. The molecule has 0 saturated carbocycles. The van der Waals surface area contributed by atoms with E-state index in [9.17, 15) is 0 Å². The van der Waals surface area contributed by atoms with Crippen LogP contribution in [0, 0.1) is 0 Å². The van der Waals surface area contributed by atoms with Crippen LogP contribution in [-0.4, -0.2) is 30.3 Å². The van der Waals surface area contributed by atoms with Gasteiger partial charge in [-0.25, -0.2) is 0 Å². The van der Waals surface area contributed by atoms with Crippen LogP contribution < -0.4 is 0 Å². The van der Waals surface area contributed by atoms with Crippen LogP contribution in [0.2, 0.25) is 0 Å². The molecule has 1 aliphatic heterocycles. The second kappa shape index (κ2) is 2.67. The largest absolute Gasteiger partial charge is 0.362 e. The summed E-state index contributed by atoms with van der Waals surface area (Å²) in [5, 5.41) is 0. The van der Waals surface area contributed by atoms with Crippen molar-refractivity contribution in [1.82, 2.24) is 4.90 Å². The normalized spacial score (nSPS) is 30.0. The second-order valence-corrected chi connectivity index (χ2v) is 2.97. The Kier molecular flexibility index (Phi) is 2.09. The van der Waals surface area contributed by atoms with E-state index in [1.165, 1.54) is 0 Å². The first-order valence-corrected chi connectivity index (χ1v) is 3.56. The molecule has 1 heterocycles. The zero-order chi connectivity index (χ0) is 6.85. The molecule has 54 valence electrons. The maximum absolute atomic E-state index is 5.35. The molecule has 1 fully saturated rings. The molecular formula is C7H15NO. The van der Waals surface area contributed by atoms with E-state index in [1.54, 1.807) is 0 Å². The Bertz CT molecular complexity index is 92.9. The fourth-order valence-electron chi connectivity index (χ4n) is 1.02. The lowest BCUT2D eigenvalue weighted by atomic mass is 10.3. The predicted molar refractivity (Wildman–Crippen MR) is 37.3 cm³/mol. The van der Waals surface area contributed by atoms with Crippen LogP contribution in [0.4, 0.5) is 0 Å². The van der Waals surface area contributed by atoms with E-state index in [4.69, 9.17) is 4.74 Å². The van der Waals surface area contributed by atoms with Crippen LogP contribution in [-0.2, 0) is 4.74 Å². The quantitative estimate of drug-likeness (QED) is 0.525. The first-order chi connectivity index (χ1) is 4.20. The van der Waals surface area contributed by atoms with Gasteiger partial charge in [0.1, 0.15) is 0 Å². The molecule has 1 atom stereocenters. The SMILES string of the molecule is CC1CN(C(C)C)CO1. The Hall–Kier alpha value is -0.0800. The smallest absolute Gasteiger partial charge is 0.0997 e. The molecule has 0 aromatic rings. The van der Waals surface area contributed by atoms with Crippen LogP contribution in [0.5, 0.6) is 0 Å². The van der Waals surface area contributed by atoms with Crippen LogP contribution in [0.1, 0.15) is 20.8 Å². The van der Waals surface area contributed by atoms with Crippen molar-refractivity contribution in [3.05, 3.63) is 0 Å². The predicted octanol–water partition coefficient (Wildman–Crippen LogP) is 1.07. The third-order valence-electron chi connectivity index (χ3n) is 1.75. The molecule has 0 aromatic carbocycles. The highest BCUT2D eigenvalue weighted by atomic mass is 16.5. The van der Waals surface area contributed by atoms with Crippen molar-refractivity contribution >= 4 is 0 Å². The van der Waals surface area contributed by atoms with Gasteiger partial charge in [0, 0.05) is 12.6 Å². The summed E-state index contributed by atoms with van der Waals surface area (Å²) < 4.78 is 5.35. The monoisotopic (exact) mass is 129 g/mol. The lowest BCUT2D eigenvalue weighted by molar-refractivity contribution is 0.0901. The van der Waals surface area contributed by atoms with E-state index in [0.717, 1.165) is 13.3 Å². The number of ether oxygens (including phenoxy) is 1. The molecule has 0 radical (unpaired) electrons. The molecule has 9 heavy (non-hydrogen) atoms. The Morgan fingerprint density at radius 3 is 2.44 bits per heavy atom. The van der Waals surface area contributed by atoms with Gasteiger partial charge in [-0.2, -0.15) is 0 Å². The van der Waals surface area contributed by atoms with Crippen molar-refractivity contribution < 1.29 is 4.74 Å². The molecule has 1 saturated heterocycles. The van der Waals surface area contributed by atoms with Crippen LogP contribution in [0.25, 0.3) is 0 Å². The van der Waals surface area contributed by atoms with Gasteiger partial charge in [0.15, 0.2) is 0 Å². The molecular weight excluding hydrogens is 114 g/mol. The zero-order valence-electron chi connectivity index (χ0n) is 6.42. The highest BCUT2D eigenvalue weighted by Gasteiger charge is 2.20. The van der Waals surface area contributed by atoms with E-state index in [1.807, 2.05) is 0 Å². The summed E-state index contributed by atoms with van der Waals surface area (Å²) in [6.45, 7) is 8.42. The maximum Gasteiger partial charge on any atom is 0.0997 e. The Balaban J connectivity index is 2.30. The van der Waals surface area contributed by atoms with Gasteiger partial charge in [0.2, 0.25) is 0 Å². The summed E-state index contributed by atoms with van der Waals surface area (Å²) in [6, 6.07) is 0.634. The number of rotatable bonds is 1. The van der Waals surface area contributed by atoms with E-state index < -0.39 is 0 Å². The molecule has 1 aliphatic rings. The first-order valence-electron chi connectivity index (χ1n) is 3.56. The van der Waals surface area contributed by atoms with E-state index in [-0.39, 0.29) is 0 Å². The molecule has 0 aliphatic carbocycles. The minimum Gasteiger partial charge on any atom is -0.362 e. The summed E-state index contributed by atoms with van der Waals surface area (Å²) in [6.07, 6.45) is 0.437. The van der Waals surface area contributed by atoms with Gasteiger partial charge in [-0.15, -0.1) is 0 Å². The van der Waals surface area contributed by atoms with Crippen molar-refractivity contribution in [2.45, 2.75) is 32.9 Å². The highest BCUT2D eigenvalue weighted by molar-refractivity contribution is 4.68. The minimum absolute atomic E-state index is 0.437. The van der Waals surface area contributed by atoms with Gasteiger partial charge < -0.3 is 4.74 Å². The lowest BCUT2D eigenvalue weighted by Gasteiger charge is -2.16. The molecule has 0 amide bonds. The van der Waals surface area contributed by atoms with Crippen molar-refractivity contribution in [3.8, 4) is 0 Å². The maximum atomic E-state index is 5.35. The van der Waals surface area contributed by atoms with E-state index >= 15 is 0 Å². The van der Waals surface area contributed by atoms with Gasteiger partial charge >= 0.3 is 0 Å². The third-order valence-corrected chi connectivity index (χ3v) is 1.75. The van der Waals surface area contributed by atoms with Crippen molar-refractivity contribution in [2.75, 3.05) is 13.3 Å². The molecule has 0 aromatic heterocycles. The van der Waals surface area contributed by atoms with Crippen molar-refractivity contribution in [1.29, 1.82) is 0 Å². The van der Waals surface area contributed by atoms with E-state index in [2.05, 4.69) is 25.7 Å². The molecule has 1 rings (SSSR count). The zero-order valence-corrected chi connectivity index (χ0v) is 6.42. The minimum atomic E-state index is 0.437. The van der Waals surface area contributed by atoms with Gasteiger partial charge in [-0.05, 0) is 20.8 Å².